The van der Waals surface area contributed by atoms with Crippen LogP contribution < -0.4 is 5.32 Å². The van der Waals surface area contributed by atoms with Crippen LogP contribution in [0.3, 0.4) is 0 Å². The van der Waals surface area contributed by atoms with Gasteiger partial charge in [0.05, 0.1) is 15.5 Å². The van der Waals surface area contributed by atoms with Gasteiger partial charge < -0.3 is 5.32 Å². The molecule has 1 aromatic heterocycles. The largest absolute Gasteiger partial charge is 0.319 e. The van der Waals surface area contributed by atoms with Crippen molar-refractivity contribution < 1.29 is 9.59 Å². The second-order valence-electron chi connectivity index (χ2n) is 3.57. The molecule has 2 rings (SSSR count). The number of ketones is 1. The highest BCUT2D eigenvalue weighted by atomic mass is 35.5. The van der Waals surface area contributed by atoms with Gasteiger partial charge in [0.2, 0.25) is 0 Å². The van der Waals surface area contributed by atoms with E-state index in [-0.39, 0.29) is 5.02 Å². The first-order chi connectivity index (χ1) is 9.11. The highest BCUT2D eigenvalue weighted by Gasteiger charge is 2.17. The van der Waals surface area contributed by atoms with Crippen LogP contribution in [0, 0.1) is 11.3 Å². The topological polar surface area (TPSA) is 70.0 Å². The molecule has 0 radical (unpaired) electrons. The number of hydrogen-bond donors (Lipinski definition) is 1. The number of nitrogens with zero attached hydrogens (tertiary/aromatic N) is 1. The van der Waals surface area contributed by atoms with Gasteiger partial charge in [0.1, 0.15) is 6.07 Å². The zero-order valence-electron chi connectivity index (χ0n) is 9.51. The number of anilines is 1. The lowest BCUT2D eigenvalue weighted by molar-refractivity contribution is -0.112. The van der Waals surface area contributed by atoms with Gasteiger partial charge in [-0.15, -0.1) is 11.3 Å². The maximum absolute atomic E-state index is 11.7. The molecule has 19 heavy (non-hydrogen) atoms. The molecule has 0 aliphatic heterocycles. The summed E-state index contributed by atoms with van der Waals surface area (Å²) in [5, 5.41) is 13.1. The molecule has 6 heteroatoms. The number of hydrogen-bond acceptors (Lipinski definition) is 4. The SMILES string of the molecule is N#Cc1ccc(NC(=O)C(=O)c2cccs2)cc1Cl. The van der Waals surface area contributed by atoms with E-state index in [4.69, 9.17) is 16.9 Å². The number of carbonyl (C=O) groups is 2. The lowest BCUT2D eigenvalue weighted by atomic mass is 10.2. The summed E-state index contributed by atoms with van der Waals surface area (Å²) in [5.41, 5.74) is 0.683. The van der Waals surface area contributed by atoms with E-state index in [1.54, 1.807) is 17.5 Å². The molecule has 2 aromatic rings. The summed E-state index contributed by atoms with van der Waals surface area (Å²) in [7, 11) is 0. The fraction of sp³-hybridized carbons (Fsp3) is 0. The number of Topliss-reactive ketones (excluding diaryl/α,β-unsaturated/α-hetero) is 1. The minimum absolute atomic E-state index is 0.226. The van der Waals surface area contributed by atoms with Crippen molar-refractivity contribution in [3.05, 3.63) is 51.2 Å². The lowest BCUT2D eigenvalue weighted by Crippen LogP contribution is -2.22. The average Bonchev–Trinajstić information content (AvgIpc) is 2.92. The first-order valence-electron chi connectivity index (χ1n) is 5.20. The number of nitriles is 1. The van der Waals surface area contributed by atoms with Gasteiger partial charge in [-0.05, 0) is 29.6 Å². The van der Waals surface area contributed by atoms with Crippen molar-refractivity contribution in [1.29, 1.82) is 5.26 Å². The molecule has 0 fully saturated rings. The van der Waals surface area contributed by atoms with Crippen molar-refractivity contribution in [2.24, 2.45) is 0 Å². The molecule has 1 aromatic carbocycles. The third-order valence-corrected chi connectivity index (χ3v) is 3.48. The van der Waals surface area contributed by atoms with E-state index in [1.807, 2.05) is 6.07 Å². The van der Waals surface area contributed by atoms with E-state index in [9.17, 15) is 9.59 Å². The minimum Gasteiger partial charge on any atom is -0.319 e. The first kappa shape index (κ1) is 13.3. The summed E-state index contributed by atoms with van der Waals surface area (Å²) < 4.78 is 0. The molecule has 94 valence electrons. The molecule has 0 atom stereocenters. The average molecular weight is 291 g/mol. The molecule has 0 aliphatic carbocycles. The van der Waals surface area contributed by atoms with E-state index in [2.05, 4.69) is 5.32 Å². The Labute approximate surface area is 118 Å². The summed E-state index contributed by atoms with van der Waals surface area (Å²) in [6.07, 6.45) is 0. The molecule has 0 bridgehead atoms. The molecule has 0 saturated carbocycles. The number of amides is 1. The van der Waals surface area contributed by atoms with Crippen molar-refractivity contribution in [2.75, 3.05) is 5.32 Å². The number of nitrogens with one attached hydrogen (secondary N) is 1. The molecule has 0 aliphatic rings. The number of benzene rings is 1. The maximum atomic E-state index is 11.7. The van der Waals surface area contributed by atoms with Gasteiger partial charge in [-0.3, -0.25) is 9.59 Å². The van der Waals surface area contributed by atoms with E-state index in [0.717, 1.165) is 0 Å². The molecular formula is C13H7ClN2O2S. The Balaban J connectivity index is 2.14. The summed E-state index contributed by atoms with van der Waals surface area (Å²) >= 11 is 7.04. The number of rotatable bonds is 3. The Morgan fingerprint density at radius 2 is 2.11 bits per heavy atom. The van der Waals surface area contributed by atoms with Crippen LogP contribution in [0.2, 0.25) is 5.02 Å². The van der Waals surface area contributed by atoms with Crippen LogP contribution in [0.25, 0.3) is 0 Å². The highest BCUT2D eigenvalue weighted by Crippen LogP contribution is 2.20. The van der Waals surface area contributed by atoms with E-state index < -0.39 is 11.7 Å². The minimum atomic E-state index is -0.733. The predicted molar refractivity (Wildman–Crippen MR) is 73.4 cm³/mol. The Hall–Kier alpha value is -2.16. The fourth-order valence-electron chi connectivity index (χ4n) is 1.39. The van der Waals surface area contributed by atoms with Crippen molar-refractivity contribution in [2.45, 2.75) is 0 Å². The zero-order valence-corrected chi connectivity index (χ0v) is 11.1. The van der Waals surface area contributed by atoms with Gasteiger partial charge in [-0.2, -0.15) is 5.26 Å². The third-order valence-electron chi connectivity index (χ3n) is 2.30. The lowest BCUT2D eigenvalue weighted by Gasteiger charge is -2.04. The quantitative estimate of drug-likeness (QED) is 0.697. The zero-order chi connectivity index (χ0) is 13.8. The van der Waals surface area contributed by atoms with Crippen molar-refractivity contribution in [1.82, 2.24) is 0 Å². The molecule has 0 unspecified atom stereocenters. The number of carbonyl (C=O) groups excluding carboxylic acids is 2. The summed E-state index contributed by atoms with van der Waals surface area (Å²) in [6.45, 7) is 0. The Morgan fingerprint density at radius 3 is 2.68 bits per heavy atom. The van der Waals surface area contributed by atoms with Crippen molar-refractivity contribution in [3.63, 3.8) is 0 Å². The van der Waals surface area contributed by atoms with Crippen LogP contribution in [-0.4, -0.2) is 11.7 Å². The Morgan fingerprint density at radius 1 is 1.32 bits per heavy atom. The van der Waals surface area contributed by atoms with Gasteiger partial charge in [-0.25, -0.2) is 0 Å². The van der Waals surface area contributed by atoms with Crippen LogP contribution in [0.5, 0.6) is 0 Å². The smallest absolute Gasteiger partial charge is 0.297 e. The van der Waals surface area contributed by atoms with Gasteiger partial charge in [0.25, 0.3) is 11.7 Å². The normalized spacial score (nSPS) is 9.68. The van der Waals surface area contributed by atoms with Gasteiger partial charge >= 0.3 is 0 Å². The van der Waals surface area contributed by atoms with Gasteiger partial charge in [0.15, 0.2) is 0 Å². The van der Waals surface area contributed by atoms with E-state index >= 15 is 0 Å². The highest BCUT2D eigenvalue weighted by molar-refractivity contribution is 7.13. The molecule has 0 saturated heterocycles. The molecule has 0 spiro atoms. The van der Waals surface area contributed by atoms with E-state index in [0.29, 0.717) is 16.1 Å². The van der Waals surface area contributed by atoms with Gasteiger partial charge in [0, 0.05) is 5.69 Å². The molecular weight excluding hydrogens is 284 g/mol. The predicted octanol–water partition coefficient (Wildman–Crippen LogP) is 3.09. The van der Waals surface area contributed by atoms with Crippen LogP contribution in [-0.2, 0) is 4.79 Å². The second kappa shape index (κ2) is 5.65. The summed E-state index contributed by atoms with van der Waals surface area (Å²) in [4.78, 5) is 23.8. The Bertz CT molecular complexity index is 674. The standard InChI is InChI=1S/C13H7ClN2O2S/c14-10-6-9(4-3-8(10)7-15)16-13(18)12(17)11-2-1-5-19-11/h1-6H,(H,16,18). The number of halogens is 1. The monoisotopic (exact) mass is 290 g/mol. The first-order valence-corrected chi connectivity index (χ1v) is 6.46. The van der Waals surface area contributed by atoms with Crippen molar-refractivity contribution >= 4 is 40.3 Å². The summed E-state index contributed by atoms with van der Waals surface area (Å²) in [5.74, 6) is -1.33. The Kier molecular flexibility index (Phi) is 3.95. The third kappa shape index (κ3) is 2.99. The second-order valence-corrected chi connectivity index (χ2v) is 4.92. The molecule has 4 nitrogen and oxygen atoms in total. The van der Waals surface area contributed by atoms with Crippen LogP contribution >= 0.6 is 22.9 Å². The number of thiophene rings is 1. The van der Waals surface area contributed by atoms with Gasteiger partial charge in [-0.1, -0.05) is 17.7 Å². The van der Waals surface area contributed by atoms with Crippen LogP contribution in [0.15, 0.2) is 35.7 Å². The van der Waals surface area contributed by atoms with Crippen LogP contribution in [0.1, 0.15) is 15.2 Å². The molecule has 1 amide bonds. The van der Waals surface area contributed by atoms with Crippen LogP contribution in [0.4, 0.5) is 5.69 Å². The molecule has 1 N–H and O–H groups in total. The maximum Gasteiger partial charge on any atom is 0.297 e. The molecule has 1 heterocycles. The fourth-order valence-corrected chi connectivity index (χ4v) is 2.27. The van der Waals surface area contributed by atoms with E-state index in [1.165, 1.54) is 29.5 Å². The van der Waals surface area contributed by atoms with Crippen molar-refractivity contribution in [3.8, 4) is 6.07 Å². The summed E-state index contributed by atoms with van der Waals surface area (Å²) in [6, 6.07) is 9.62.